The van der Waals surface area contributed by atoms with Gasteiger partial charge in [-0.1, -0.05) is 5.16 Å². The Hall–Kier alpha value is -0.880. The summed E-state index contributed by atoms with van der Waals surface area (Å²) in [6.45, 7) is 2.33. The Bertz CT molecular complexity index is 550. The van der Waals surface area contributed by atoms with Gasteiger partial charge in [0.1, 0.15) is 11.5 Å². The number of rotatable bonds is 2. The number of aromatic nitrogens is 1. The minimum absolute atomic E-state index is 0.0749. The van der Waals surface area contributed by atoms with Crippen LogP contribution in [0.3, 0.4) is 0 Å². The number of hydrogen-bond acceptors (Lipinski definition) is 4. The van der Waals surface area contributed by atoms with Crippen molar-refractivity contribution in [3.8, 4) is 0 Å². The molecule has 3 rings (SSSR count). The summed E-state index contributed by atoms with van der Waals surface area (Å²) in [7, 11) is -3.09. The highest BCUT2D eigenvalue weighted by Crippen LogP contribution is 2.28. The summed E-state index contributed by atoms with van der Waals surface area (Å²) in [4.78, 5) is 0. The molecule has 1 atom stereocenters. The van der Waals surface area contributed by atoms with Crippen LogP contribution in [0, 0.1) is 0 Å². The van der Waals surface area contributed by atoms with E-state index in [1.54, 1.807) is 4.31 Å². The molecule has 100 valence electrons. The van der Waals surface area contributed by atoms with Crippen molar-refractivity contribution in [3.05, 3.63) is 17.0 Å². The van der Waals surface area contributed by atoms with Crippen LogP contribution in [0.1, 0.15) is 43.2 Å². The van der Waals surface area contributed by atoms with Crippen LogP contribution in [0.2, 0.25) is 0 Å². The predicted molar refractivity (Wildman–Crippen MR) is 66.6 cm³/mol. The van der Waals surface area contributed by atoms with Gasteiger partial charge in [-0.3, -0.25) is 0 Å². The molecule has 18 heavy (non-hydrogen) atoms. The van der Waals surface area contributed by atoms with E-state index in [0.717, 1.165) is 42.7 Å². The molecule has 5 nitrogen and oxygen atoms in total. The van der Waals surface area contributed by atoms with E-state index in [9.17, 15) is 8.42 Å². The van der Waals surface area contributed by atoms with Gasteiger partial charge in [0.25, 0.3) is 0 Å². The lowest BCUT2D eigenvalue weighted by molar-refractivity contribution is 0.331. The van der Waals surface area contributed by atoms with Crippen LogP contribution in [0.5, 0.6) is 0 Å². The van der Waals surface area contributed by atoms with Crippen molar-refractivity contribution >= 4 is 10.0 Å². The minimum Gasteiger partial charge on any atom is -0.361 e. The summed E-state index contributed by atoms with van der Waals surface area (Å²) in [5.74, 6) is 1.22. The SMILES string of the molecule is CC1CCS(=O)(=O)N1Cc1noc2c1CCCC2. The molecule has 2 aliphatic rings. The molecule has 0 spiro atoms. The van der Waals surface area contributed by atoms with Crippen molar-refractivity contribution < 1.29 is 12.9 Å². The molecule has 1 aromatic heterocycles. The van der Waals surface area contributed by atoms with Crippen LogP contribution >= 0.6 is 0 Å². The Labute approximate surface area is 107 Å². The molecule has 1 fully saturated rings. The molecule has 0 saturated carbocycles. The first-order valence-electron chi connectivity index (χ1n) is 6.54. The third-order valence-electron chi connectivity index (χ3n) is 3.98. The second kappa shape index (κ2) is 4.35. The van der Waals surface area contributed by atoms with Crippen molar-refractivity contribution in [2.24, 2.45) is 0 Å². The van der Waals surface area contributed by atoms with Gasteiger partial charge in [-0.25, -0.2) is 8.42 Å². The molecule has 2 heterocycles. The summed E-state index contributed by atoms with van der Waals surface area (Å²) in [5, 5.41) is 4.08. The lowest BCUT2D eigenvalue weighted by Gasteiger charge is -2.19. The Balaban J connectivity index is 1.87. The monoisotopic (exact) mass is 270 g/mol. The van der Waals surface area contributed by atoms with Crippen molar-refractivity contribution in [1.82, 2.24) is 9.46 Å². The normalized spacial score (nSPS) is 27.3. The molecule has 0 radical (unpaired) electrons. The summed E-state index contributed by atoms with van der Waals surface area (Å²) in [6, 6.07) is 0.0749. The number of nitrogens with zero attached hydrogens (tertiary/aromatic N) is 2. The topological polar surface area (TPSA) is 63.4 Å². The summed E-state index contributed by atoms with van der Waals surface area (Å²) < 4.78 is 30.8. The molecular formula is C12H18N2O3S. The van der Waals surface area contributed by atoms with Crippen LogP contribution in [0.4, 0.5) is 0 Å². The molecule has 1 saturated heterocycles. The molecule has 0 aromatic carbocycles. The zero-order valence-corrected chi connectivity index (χ0v) is 11.4. The van der Waals surface area contributed by atoms with Crippen LogP contribution in [0.15, 0.2) is 4.52 Å². The highest BCUT2D eigenvalue weighted by atomic mass is 32.2. The minimum atomic E-state index is -3.09. The molecule has 6 heteroatoms. The predicted octanol–water partition coefficient (Wildman–Crippen LogP) is 1.48. The second-order valence-electron chi connectivity index (χ2n) is 5.24. The Morgan fingerprint density at radius 1 is 1.39 bits per heavy atom. The third kappa shape index (κ3) is 1.97. The second-order valence-corrected chi connectivity index (χ2v) is 7.28. The van der Waals surface area contributed by atoms with E-state index in [1.807, 2.05) is 6.92 Å². The highest BCUT2D eigenvalue weighted by Gasteiger charge is 2.36. The molecule has 1 aliphatic carbocycles. The van der Waals surface area contributed by atoms with E-state index in [1.165, 1.54) is 0 Å². The Kier molecular flexibility index (Phi) is 2.94. The zero-order valence-electron chi connectivity index (χ0n) is 10.6. The van der Waals surface area contributed by atoms with E-state index in [4.69, 9.17) is 4.52 Å². The highest BCUT2D eigenvalue weighted by molar-refractivity contribution is 7.89. The van der Waals surface area contributed by atoms with E-state index >= 15 is 0 Å². The molecule has 0 N–H and O–H groups in total. The van der Waals surface area contributed by atoms with Crippen LogP contribution in [-0.4, -0.2) is 29.7 Å². The van der Waals surface area contributed by atoms with Crippen molar-refractivity contribution in [3.63, 3.8) is 0 Å². The average molecular weight is 270 g/mol. The maximum Gasteiger partial charge on any atom is 0.214 e. The van der Waals surface area contributed by atoms with Crippen LogP contribution in [0.25, 0.3) is 0 Å². The first-order valence-corrected chi connectivity index (χ1v) is 8.14. The molecule has 1 aliphatic heterocycles. The number of hydrogen-bond donors (Lipinski definition) is 0. The van der Waals surface area contributed by atoms with Gasteiger partial charge in [0.05, 0.1) is 12.3 Å². The largest absolute Gasteiger partial charge is 0.361 e. The van der Waals surface area contributed by atoms with Crippen LogP contribution in [-0.2, 0) is 29.4 Å². The van der Waals surface area contributed by atoms with E-state index in [2.05, 4.69) is 5.16 Å². The molecule has 1 aromatic rings. The average Bonchev–Trinajstić information content (AvgIpc) is 2.86. The molecular weight excluding hydrogens is 252 g/mol. The maximum absolute atomic E-state index is 11.9. The van der Waals surface area contributed by atoms with Gasteiger partial charge in [-0.2, -0.15) is 4.31 Å². The fourth-order valence-electron chi connectivity index (χ4n) is 2.83. The van der Waals surface area contributed by atoms with Gasteiger partial charge < -0.3 is 4.52 Å². The van der Waals surface area contributed by atoms with Gasteiger partial charge in [0.2, 0.25) is 10.0 Å². The van der Waals surface area contributed by atoms with Gasteiger partial charge in [-0.15, -0.1) is 0 Å². The van der Waals surface area contributed by atoms with E-state index in [-0.39, 0.29) is 11.8 Å². The molecule has 0 bridgehead atoms. The van der Waals surface area contributed by atoms with E-state index < -0.39 is 10.0 Å². The van der Waals surface area contributed by atoms with Crippen LogP contribution < -0.4 is 0 Å². The molecule has 1 unspecified atom stereocenters. The van der Waals surface area contributed by atoms with Gasteiger partial charge in [0.15, 0.2) is 0 Å². The van der Waals surface area contributed by atoms with Crippen molar-refractivity contribution in [2.45, 2.75) is 51.6 Å². The maximum atomic E-state index is 11.9. The van der Waals surface area contributed by atoms with Crippen molar-refractivity contribution in [2.75, 3.05) is 5.75 Å². The summed E-state index contributed by atoms with van der Waals surface area (Å²) >= 11 is 0. The van der Waals surface area contributed by atoms with Gasteiger partial charge in [0, 0.05) is 18.0 Å². The lowest BCUT2D eigenvalue weighted by Crippen LogP contribution is -2.31. The smallest absolute Gasteiger partial charge is 0.214 e. The van der Waals surface area contributed by atoms with Gasteiger partial charge >= 0.3 is 0 Å². The first-order chi connectivity index (χ1) is 8.58. The standard InChI is InChI=1S/C12H18N2O3S/c1-9-6-7-18(15,16)14(9)8-11-10-4-2-3-5-12(10)17-13-11/h9H,2-8H2,1H3. The number of fused-ring (bicyclic) bond motifs is 1. The quantitative estimate of drug-likeness (QED) is 0.816. The number of aryl methyl sites for hydroxylation is 1. The number of sulfonamides is 1. The molecule has 0 amide bonds. The fourth-order valence-corrected chi connectivity index (χ4v) is 4.68. The summed E-state index contributed by atoms with van der Waals surface area (Å²) in [6.07, 6.45) is 4.90. The van der Waals surface area contributed by atoms with E-state index in [0.29, 0.717) is 13.0 Å². The zero-order chi connectivity index (χ0) is 12.8. The summed E-state index contributed by atoms with van der Waals surface area (Å²) in [5.41, 5.74) is 1.97. The fraction of sp³-hybridized carbons (Fsp3) is 0.750. The third-order valence-corrected chi connectivity index (χ3v) is 5.93. The van der Waals surface area contributed by atoms with Gasteiger partial charge in [-0.05, 0) is 32.6 Å². The Morgan fingerprint density at radius 2 is 2.17 bits per heavy atom. The Morgan fingerprint density at radius 3 is 2.89 bits per heavy atom. The van der Waals surface area contributed by atoms with Crippen molar-refractivity contribution in [1.29, 1.82) is 0 Å². The lowest BCUT2D eigenvalue weighted by atomic mass is 9.96. The first kappa shape index (κ1) is 12.2.